The summed E-state index contributed by atoms with van der Waals surface area (Å²) >= 11 is 6.07. The zero-order valence-electron chi connectivity index (χ0n) is 9.30. The van der Waals surface area contributed by atoms with Crippen molar-refractivity contribution < 1.29 is 4.39 Å². The van der Waals surface area contributed by atoms with Crippen molar-refractivity contribution in [2.45, 2.75) is 6.92 Å². The van der Waals surface area contributed by atoms with E-state index in [1.54, 1.807) is 6.07 Å². The van der Waals surface area contributed by atoms with E-state index in [0.717, 1.165) is 11.3 Å². The van der Waals surface area contributed by atoms with Crippen molar-refractivity contribution >= 4 is 28.7 Å². The van der Waals surface area contributed by atoms with Gasteiger partial charge < -0.3 is 11.1 Å². The van der Waals surface area contributed by atoms with Crippen molar-refractivity contribution in [1.29, 1.82) is 0 Å². The van der Waals surface area contributed by atoms with Gasteiger partial charge in [0, 0.05) is 0 Å². The molecule has 3 N–H and O–H groups in total. The van der Waals surface area contributed by atoms with Gasteiger partial charge in [0.05, 0.1) is 22.1 Å². The van der Waals surface area contributed by atoms with Crippen LogP contribution in [-0.4, -0.2) is 0 Å². The maximum Gasteiger partial charge on any atom is 0.125 e. The van der Waals surface area contributed by atoms with Gasteiger partial charge in [-0.3, -0.25) is 0 Å². The first kappa shape index (κ1) is 11.7. The van der Waals surface area contributed by atoms with Crippen molar-refractivity contribution in [2.75, 3.05) is 11.1 Å². The van der Waals surface area contributed by atoms with E-state index in [1.807, 2.05) is 19.1 Å². The molecule has 0 unspecified atom stereocenters. The molecular weight excluding hydrogens is 239 g/mol. The minimum Gasteiger partial charge on any atom is -0.397 e. The van der Waals surface area contributed by atoms with Crippen molar-refractivity contribution in [1.82, 2.24) is 0 Å². The van der Waals surface area contributed by atoms with Gasteiger partial charge in [0.2, 0.25) is 0 Å². The Hall–Kier alpha value is -1.74. The Bertz CT molecular complexity index is 535. The highest BCUT2D eigenvalue weighted by atomic mass is 35.5. The lowest BCUT2D eigenvalue weighted by Crippen LogP contribution is -1.99. The third-order valence-corrected chi connectivity index (χ3v) is 2.81. The van der Waals surface area contributed by atoms with Crippen LogP contribution in [0.2, 0.25) is 5.02 Å². The zero-order chi connectivity index (χ0) is 12.4. The molecule has 0 aromatic heterocycles. The number of rotatable bonds is 2. The molecule has 2 aromatic carbocycles. The molecule has 0 bridgehead atoms. The highest BCUT2D eigenvalue weighted by Crippen LogP contribution is 2.31. The van der Waals surface area contributed by atoms with E-state index in [9.17, 15) is 4.39 Å². The Morgan fingerprint density at radius 3 is 2.71 bits per heavy atom. The molecule has 0 aliphatic rings. The molecule has 0 aliphatic carbocycles. The van der Waals surface area contributed by atoms with Gasteiger partial charge in [-0.15, -0.1) is 0 Å². The first-order valence-electron chi connectivity index (χ1n) is 5.15. The van der Waals surface area contributed by atoms with Gasteiger partial charge in [0.1, 0.15) is 5.82 Å². The summed E-state index contributed by atoms with van der Waals surface area (Å²) in [6.45, 7) is 1.92. The van der Waals surface area contributed by atoms with Crippen molar-refractivity contribution in [3.05, 3.63) is 52.8 Å². The predicted octanol–water partition coefficient (Wildman–Crippen LogP) is 4.11. The zero-order valence-corrected chi connectivity index (χ0v) is 10.1. The van der Waals surface area contributed by atoms with Crippen LogP contribution >= 0.6 is 11.6 Å². The molecule has 4 heteroatoms. The number of hydrogen-bond donors (Lipinski definition) is 2. The highest BCUT2D eigenvalue weighted by Gasteiger charge is 2.06. The molecule has 0 fully saturated rings. The molecule has 17 heavy (non-hydrogen) atoms. The van der Waals surface area contributed by atoms with Gasteiger partial charge in [-0.1, -0.05) is 23.7 Å². The summed E-state index contributed by atoms with van der Waals surface area (Å²) < 4.78 is 13.1. The third kappa shape index (κ3) is 2.50. The second kappa shape index (κ2) is 4.63. The number of nitrogens with one attached hydrogen (secondary N) is 1. The number of benzene rings is 2. The Balaban J connectivity index is 2.41. The maximum absolute atomic E-state index is 13.1. The number of hydrogen-bond acceptors (Lipinski definition) is 2. The lowest BCUT2D eigenvalue weighted by atomic mass is 10.2. The largest absolute Gasteiger partial charge is 0.397 e. The van der Waals surface area contributed by atoms with Crippen molar-refractivity contribution in [3.8, 4) is 0 Å². The molecule has 2 aromatic rings. The number of aryl methyl sites for hydroxylation is 1. The summed E-state index contributed by atoms with van der Waals surface area (Å²) in [5, 5.41) is 3.63. The van der Waals surface area contributed by atoms with Crippen LogP contribution in [0, 0.1) is 12.7 Å². The SMILES string of the molecule is Cc1cccc(Cl)c1Nc1cc(F)ccc1N. The average molecular weight is 251 g/mol. The van der Waals surface area contributed by atoms with Gasteiger partial charge in [-0.05, 0) is 36.8 Å². The average Bonchev–Trinajstić information content (AvgIpc) is 2.28. The fourth-order valence-electron chi connectivity index (χ4n) is 1.56. The van der Waals surface area contributed by atoms with Crippen molar-refractivity contribution in [2.24, 2.45) is 0 Å². The molecule has 0 aliphatic heterocycles. The molecule has 0 saturated carbocycles. The van der Waals surface area contributed by atoms with Crippen LogP contribution in [0.25, 0.3) is 0 Å². The number of para-hydroxylation sites is 1. The van der Waals surface area contributed by atoms with Crippen LogP contribution in [0.4, 0.5) is 21.5 Å². The van der Waals surface area contributed by atoms with Crippen LogP contribution in [0.3, 0.4) is 0 Å². The topological polar surface area (TPSA) is 38.0 Å². The fraction of sp³-hybridized carbons (Fsp3) is 0.0769. The summed E-state index contributed by atoms with van der Waals surface area (Å²) in [5.74, 6) is -0.341. The maximum atomic E-state index is 13.1. The molecule has 0 amide bonds. The monoisotopic (exact) mass is 250 g/mol. The van der Waals surface area contributed by atoms with E-state index in [2.05, 4.69) is 5.32 Å². The molecule has 2 nitrogen and oxygen atoms in total. The van der Waals surface area contributed by atoms with E-state index in [-0.39, 0.29) is 5.82 Å². The normalized spacial score (nSPS) is 10.3. The second-order valence-electron chi connectivity index (χ2n) is 3.79. The number of halogens is 2. The first-order chi connectivity index (χ1) is 8.08. The third-order valence-electron chi connectivity index (χ3n) is 2.50. The standard InChI is InChI=1S/C13H12ClFN2/c1-8-3-2-4-10(14)13(8)17-12-7-9(15)5-6-11(12)16/h2-7,17H,16H2,1H3. The van der Waals surface area contributed by atoms with E-state index in [0.29, 0.717) is 16.4 Å². The smallest absolute Gasteiger partial charge is 0.125 e. The Morgan fingerprint density at radius 1 is 1.24 bits per heavy atom. The molecule has 0 heterocycles. The minimum atomic E-state index is -0.341. The molecule has 0 radical (unpaired) electrons. The Morgan fingerprint density at radius 2 is 2.00 bits per heavy atom. The van der Waals surface area contributed by atoms with Crippen LogP contribution in [0.1, 0.15) is 5.56 Å². The fourth-order valence-corrected chi connectivity index (χ4v) is 1.83. The Labute approximate surface area is 104 Å². The van der Waals surface area contributed by atoms with Gasteiger partial charge >= 0.3 is 0 Å². The molecule has 2 rings (SSSR count). The minimum absolute atomic E-state index is 0.341. The Kier molecular flexibility index (Phi) is 3.20. The van der Waals surface area contributed by atoms with E-state index in [1.165, 1.54) is 18.2 Å². The van der Waals surface area contributed by atoms with Crippen molar-refractivity contribution in [3.63, 3.8) is 0 Å². The number of nitrogen functional groups attached to an aromatic ring is 1. The van der Waals surface area contributed by atoms with Gasteiger partial charge in [-0.2, -0.15) is 0 Å². The van der Waals surface area contributed by atoms with Crippen LogP contribution in [-0.2, 0) is 0 Å². The summed E-state index contributed by atoms with van der Waals surface area (Å²) in [7, 11) is 0. The van der Waals surface area contributed by atoms with Gasteiger partial charge in [0.25, 0.3) is 0 Å². The summed E-state index contributed by atoms with van der Waals surface area (Å²) in [6, 6.07) is 9.73. The molecule has 0 spiro atoms. The van der Waals surface area contributed by atoms with Crippen LogP contribution in [0.5, 0.6) is 0 Å². The molecule has 88 valence electrons. The predicted molar refractivity (Wildman–Crippen MR) is 70.3 cm³/mol. The summed E-state index contributed by atoms with van der Waals surface area (Å²) in [4.78, 5) is 0. The molecule has 0 saturated heterocycles. The summed E-state index contributed by atoms with van der Waals surface area (Å²) in [5.41, 5.74) is 8.47. The lowest BCUT2D eigenvalue weighted by molar-refractivity contribution is 0.628. The van der Waals surface area contributed by atoms with Gasteiger partial charge in [0.15, 0.2) is 0 Å². The number of nitrogens with two attached hydrogens (primary N) is 1. The first-order valence-corrected chi connectivity index (χ1v) is 5.53. The lowest BCUT2D eigenvalue weighted by Gasteiger charge is -2.13. The van der Waals surface area contributed by atoms with E-state index >= 15 is 0 Å². The quantitative estimate of drug-likeness (QED) is 0.787. The highest BCUT2D eigenvalue weighted by molar-refractivity contribution is 6.33. The van der Waals surface area contributed by atoms with E-state index in [4.69, 9.17) is 17.3 Å². The molecular formula is C13H12ClFN2. The van der Waals surface area contributed by atoms with Crippen LogP contribution in [0.15, 0.2) is 36.4 Å². The summed E-state index contributed by atoms with van der Waals surface area (Å²) in [6.07, 6.45) is 0. The van der Waals surface area contributed by atoms with Crippen LogP contribution < -0.4 is 11.1 Å². The second-order valence-corrected chi connectivity index (χ2v) is 4.20. The molecule has 0 atom stereocenters. The van der Waals surface area contributed by atoms with E-state index < -0.39 is 0 Å². The number of anilines is 3. The van der Waals surface area contributed by atoms with Gasteiger partial charge in [-0.25, -0.2) is 4.39 Å².